The van der Waals surface area contributed by atoms with Gasteiger partial charge in [0.1, 0.15) is 0 Å². The van der Waals surface area contributed by atoms with Crippen LogP contribution in [-0.2, 0) is 11.2 Å². The van der Waals surface area contributed by atoms with E-state index in [4.69, 9.17) is 5.11 Å². The number of hydrogen-bond acceptors (Lipinski definition) is 3. The van der Waals surface area contributed by atoms with Crippen molar-refractivity contribution >= 4 is 23.4 Å². The first-order valence-corrected chi connectivity index (χ1v) is 6.34. The molecule has 86 valence electrons. The molecule has 0 atom stereocenters. The normalized spacial score (nSPS) is 15.1. The van der Waals surface area contributed by atoms with E-state index < -0.39 is 0 Å². The van der Waals surface area contributed by atoms with Gasteiger partial charge in [-0.15, -0.1) is 11.8 Å². The van der Waals surface area contributed by atoms with Crippen molar-refractivity contribution in [2.24, 2.45) is 0 Å². The Balaban J connectivity index is 2.23. The highest BCUT2D eigenvalue weighted by molar-refractivity contribution is 7.99. The molecule has 1 aromatic carbocycles. The maximum atomic E-state index is 11.5. The van der Waals surface area contributed by atoms with Gasteiger partial charge in [-0.05, 0) is 30.2 Å². The average Bonchev–Trinajstić information content (AvgIpc) is 2.31. The van der Waals surface area contributed by atoms with E-state index in [-0.39, 0.29) is 12.5 Å². The van der Waals surface area contributed by atoms with E-state index in [0.717, 1.165) is 17.0 Å². The number of carbonyl (C=O) groups excluding carboxylic acids is 1. The minimum absolute atomic E-state index is 0.184. The zero-order valence-electron chi connectivity index (χ0n) is 9.27. The average molecular weight is 237 g/mol. The monoisotopic (exact) mass is 237 g/mol. The summed E-state index contributed by atoms with van der Waals surface area (Å²) in [5.41, 5.74) is 2.25. The largest absolute Gasteiger partial charge is 0.396 e. The van der Waals surface area contributed by atoms with Crippen LogP contribution in [0.5, 0.6) is 0 Å². The van der Waals surface area contributed by atoms with Gasteiger partial charge in [-0.3, -0.25) is 4.79 Å². The van der Waals surface area contributed by atoms with Crippen molar-refractivity contribution in [1.29, 1.82) is 0 Å². The lowest BCUT2D eigenvalue weighted by atomic mass is 10.0. The van der Waals surface area contributed by atoms with E-state index in [1.54, 1.807) is 16.7 Å². The highest BCUT2D eigenvalue weighted by Crippen LogP contribution is 2.30. The second-order valence-electron chi connectivity index (χ2n) is 3.82. The van der Waals surface area contributed by atoms with Crippen LogP contribution in [0.1, 0.15) is 12.0 Å². The molecule has 0 unspecified atom stereocenters. The Morgan fingerprint density at radius 1 is 1.44 bits per heavy atom. The summed E-state index contributed by atoms with van der Waals surface area (Å²) in [6.45, 7) is 0.195. The number of rotatable bonds is 3. The van der Waals surface area contributed by atoms with Crippen LogP contribution in [-0.4, -0.2) is 30.4 Å². The molecular weight excluding hydrogens is 222 g/mol. The van der Waals surface area contributed by atoms with E-state index in [0.29, 0.717) is 12.2 Å². The van der Waals surface area contributed by atoms with E-state index in [1.165, 1.54) is 5.56 Å². The van der Waals surface area contributed by atoms with Crippen LogP contribution in [0.3, 0.4) is 0 Å². The van der Waals surface area contributed by atoms with Crippen molar-refractivity contribution in [2.75, 3.05) is 24.3 Å². The van der Waals surface area contributed by atoms with Gasteiger partial charge in [-0.2, -0.15) is 0 Å². The molecule has 1 heterocycles. The van der Waals surface area contributed by atoms with Crippen LogP contribution in [0.25, 0.3) is 0 Å². The number of amides is 1. The third kappa shape index (κ3) is 2.23. The summed E-state index contributed by atoms with van der Waals surface area (Å²) < 4.78 is 0. The van der Waals surface area contributed by atoms with Crippen molar-refractivity contribution in [3.8, 4) is 0 Å². The molecule has 0 spiro atoms. The van der Waals surface area contributed by atoms with Gasteiger partial charge in [0, 0.05) is 29.8 Å². The van der Waals surface area contributed by atoms with Crippen LogP contribution in [0, 0.1) is 0 Å². The summed E-state index contributed by atoms with van der Waals surface area (Å²) in [5.74, 6) is 0.899. The Kier molecular flexibility index (Phi) is 3.51. The van der Waals surface area contributed by atoms with Gasteiger partial charge < -0.3 is 10.0 Å². The van der Waals surface area contributed by atoms with Crippen LogP contribution >= 0.6 is 11.8 Å². The van der Waals surface area contributed by atoms with Crippen LogP contribution in [0.15, 0.2) is 23.1 Å². The molecule has 4 heteroatoms. The summed E-state index contributed by atoms with van der Waals surface area (Å²) in [7, 11) is 1.82. The molecule has 1 amide bonds. The Morgan fingerprint density at radius 3 is 3.00 bits per heavy atom. The minimum Gasteiger partial charge on any atom is -0.396 e. The maximum Gasteiger partial charge on any atom is 0.227 e. The predicted molar refractivity (Wildman–Crippen MR) is 66.0 cm³/mol. The highest BCUT2D eigenvalue weighted by Gasteiger charge is 2.20. The smallest absolute Gasteiger partial charge is 0.227 e. The minimum atomic E-state index is 0.184. The Bertz CT molecular complexity index is 406. The van der Waals surface area contributed by atoms with Crippen molar-refractivity contribution < 1.29 is 9.90 Å². The highest BCUT2D eigenvalue weighted by atomic mass is 32.2. The van der Waals surface area contributed by atoms with Crippen molar-refractivity contribution in [2.45, 2.75) is 17.7 Å². The zero-order valence-corrected chi connectivity index (χ0v) is 10.1. The molecule has 0 fully saturated rings. The number of carbonyl (C=O) groups is 1. The Hall–Kier alpha value is -1.00. The second-order valence-corrected chi connectivity index (χ2v) is 4.98. The molecule has 2 rings (SSSR count). The molecule has 0 aliphatic carbocycles. The summed E-state index contributed by atoms with van der Waals surface area (Å²) in [4.78, 5) is 14.4. The number of anilines is 1. The number of benzene rings is 1. The molecule has 1 aliphatic rings. The van der Waals surface area contributed by atoms with Crippen LogP contribution in [0.2, 0.25) is 0 Å². The number of aliphatic hydroxyl groups is 1. The van der Waals surface area contributed by atoms with Crippen molar-refractivity contribution in [3.63, 3.8) is 0 Å². The van der Waals surface area contributed by atoms with E-state index in [2.05, 4.69) is 6.07 Å². The van der Waals surface area contributed by atoms with Gasteiger partial charge in [0.15, 0.2) is 0 Å². The van der Waals surface area contributed by atoms with E-state index >= 15 is 0 Å². The third-order valence-corrected chi connectivity index (χ3v) is 3.73. The molecule has 1 aliphatic heterocycles. The molecule has 0 bridgehead atoms. The first kappa shape index (κ1) is 11.5. The standard InChI is InChI=1S/C12H15NO2S/c1-13-11-4-3-10(16-7-6-14)8-9(11)2-5-12(13)15/h3-4,8,14H,2,5-7H2,1H3. The van der Waals surface area contributed by atoms with Gasteiger partial charge in [0.2, 0.25) is 5.91 Å². The quantitative estimate of drug-likeness (QED) is 0.813. The molecule has 1 N–H and O–H groups in total. The Labute approximate surface area is 99.5 Å². The molecule has 0 aromatic heterocycles. The molecule has 0 saturated carbocycles. The molecule has 0 radical (unpaired) electrons. The second kappa shape index (κ2) is 4.89. The van der Waals surface area contributed by atoms with Gasteiger partial charge in [0.05, 0.1) is 6.61 Å². The van der Waals surface area contributed by atoms with Gasteiger partial charge in [0.25, 0.3) is 0 Å². The molecular formula is C12H15NO2S. The number of nitrogens with zero attached hydrogens (tertiary/aromatic N) is 1. The third-order valence-electron chi connectivity index (χ3n) is 2.75. The van der Waals surface area contributed by atoms with Gasteiger partial charge in [-0.1, -0.05) is 0 Å². The number of hydrogen-bond donors (Lipinski definition) is 1. The summed E-state index contributed by atoms with van der Waals surface area (Å²) in [6.07, 6.45) is 1.42. The Morgan fingerprint density at radius 2 is 2.25 bits per heavy atom. The zero-order chi connectivity index (χ0) is 11.5. The molecule has 1 aromatic rings. The van der Waals surface area contributed by atoms with Crippen LogP contribution in [0.4, 0.5) is 5.69 Å². The summed E-state index contributed by atoms with van der Waals surface area (Å²) in [6, 6.07) is 6.12. The molecule has 0 saturated heterocycles. The molecule has 16 heavy (non-hydrogen) atoms. The van der Waals surface area contributed by atoms with Crippen molar-refractivity contribution in [3.05, 3.63) is 23.8 Å². The predicted octanol–water partition coefficient (Wildman–Crippen LogP) is 1.68. The maximum absolute atomic E-state index is 11.5. The lowest BCUT2D eigenvalue weighted by Gasteiger charge is -2.26. The van der Waals surface area contributed by atoms with E-state index in [9.17, 15) is 4.79 Å². The number of aliphatic hydroxyl groups excluding tert-OH is 1. The topological polar surface area (TPSA) is 40.5 Å². The fourth-order valence-electron chi connectivity index (χ4n) is 1.89. The lowest BCUT2D eigenvalue weighted by Crippen LogP contribution is -2.30. The number of thioether (sulfide) groups is 1. The van der Waals surface area contributed by atoms with E-state index in [1.807, 2.05) is 19.2 Å². The lowest BCUT2D eigenvalue weighted by molar-refractivity contribution is -0.118. The summed E-state index contributed by atoms with van der Waals surface area (Å²) in [5, 5.41) is 8.77. The van der Waals surface area contributed by atoms with Crippen molar-refractivity contribution in [1.82, 2.24) is 0 Å². The van der Waals surface area contributed by atoms with Gasteiger partial charge in [-0.25, -0.2) is 0 Å². The first-order chi connectivity index (χ1) is 7.72. The van der Waals surface area contributed by atoms with Crippen LogP contribution < -0.4 is 4.90 Å². The molecule has 3 nitrogen and oxygen atoms in total. The number of fused-ring (bicyclic) bond motifs is 1. The fraction of sp³-hybridized carbons (Fsp3) is 0.417. The first-order valence-electron chi connectivity index (χ1n) is 5.35. The van der Waals surface area contributed by atoms with Gasteiger partial charge >= 0.3 is 0 Å². The SMILES string of the molecule is CN1C(=O)CCc2cc(SCCO)ccc21. The summed E-state index contributed by atoms with van der Waals surface area (Å²) >= 11 is 1.64. The number of aryl methyl sites for hydroxylation is 1. The fourth-order valence-corrected chi connectivity index (χ4v) is 2.60.